The van der Waals surface area contributed by atoms with Crippen molar-refractivity contribution in [2.24, 2.45) is 5.92 Å². The van der Waals surface area contributed by atoms with Crippen molar-refractivity contribution in [3.8, 4) is 23.0 Å². The maximum Gasteiger partial charge on any atom is 2.00 e. The van der Waals surface area contributed by atoms with Gasteiger partial charge in [-0.1, -0.05) is 81.1 Å². The zero-order valence-electron chi connectivity index (χ0n) is 40.1. The zero-order valence-corrected chi connectivity index (χ0v) is 44.0. The van der Waals surface area contributed by atoms with Crippen molar-refractivity contribution in [1.29, 1.82) is 0 Å². The second kappa shape index (κ2) is 22.0. The minimum atomic E-state index is -1.46. The Morgan fingerprint density at radius 3 is 1.31 bits per heavy atom. The van der Waals surface area contributed by atoms with E-state index in [9.17, 15) is 5.11 Å². The minimum absolute atomic E-state index is 0. The summed E-state index contributed by atoms with van der Waals surface area (Å²) in [6.45, 7) is 27.2. The third-order valence-corrected chi connectivity index (χ3v) is 20.1. The van der Waals surface area contributed by atoms with Gasteiger partial charge in [-0.3, -0.25) is 0 Å². The third kappa shape index (κ3) is 10.6. The number of aliphatic hydroxyl groups is 1. The monoisotopic (exact) mass is 932 g/mol. The van der Waals surface area contributed by atoms with E-state index >= 15 is 0 Å². The van der Waals surface area contributed by atoms with Gasteiger partial charge in [-0.2, -0.15) is 0 Å². The molecule has 0 heterocycles. The van der Waals surface area contributed by atoms with Gasteiger partial charge in [0.25, 0.3) is 0 Å². The summed E-state index contributed by atoms with van der Waals surface area (Å²) in [4.78, 5) is 0. The molecule has 2 aliphatic rings. The van der Waals surface area contributed by atoms with E-state index in [0.717, 1.165) is 47.0 Å². The van der Waals surface area contributed by atoms with Gasteiger partial charge in [0.1, 0.15) is 23.0 Å². The topological polar surface area (TPSA) is 57.2 Å². The molecule has 0 aliphatic heterocycles. The van der Waals surface area contributed by atoms with Crippen LogP contribution in [0.2, 0.25) is 25.2 Å². The van der Waals surface area contributed by atoms with Crippen molar-refractivity contribution < 1.29 is 41.1 Å². The molecular formula is C53H70FeO5P2Si+2. The molecule has 332 valence electrons. The normalized spacial score (nSPS) is 16.4. The Hall–Kier alpha value is -3.40. The van der Waals surface area contributed by atoms with Crippen LogP contribution in [0, 0.1) is 54.4 Å². The Morgan fingerprint density at radius 1 is 0.532 bits per heavy atom. The van der Waals surface area contributed by atoms with Crippen LogP contribution in [0.4, 0.5) is 0 Å². The van der Waals surface area contributed by atoms with Gasteiger partial charge in [0.05, 0.1) is 43.1 Å². The van der Waals surface area contributed by atoms with E-state index in [1.807, 2.05) is 12.1 Å². The van der Waals surface area contributed by atoms with E-state index in [0.29, 0.717) is 5.54 Å². The molecule has 0 saturated heterocycles. The van der Waals surface area contributed by atoms with Crippen LogP contribution in [0.3, 0.4) is 0 Å². The summed E-state index contributed by atoms with van der Waals surface area (Å²) >= 11 is 0. The summed E-state index contributed by atoms with van der Waals surface area (Å²) in [6, 6.07) is 20.1. The van der Waals surface area contributed by atoms with E-state index in [1.54, 1.807) is 39.3 Å². The van der Waals surface area contributed by atoms with E-state index in [2.05, 4.69) is 149 Å². The Bertz CT molecular complexity index is 2240. The SMILES string of the molecule is CCC1=CC=C(P(c2cc(C)c(OC)c(C)c2)c2c(C)cccc2OC)C1CO.CCC1=CC=C(P(c2cc(C)c(OC)c(C)c2)c2cc(C)c(OC)c(C)c2)C1[Si](C)(C)C.[Fe+2]. The van der Waals surface area contributed by atoms with Crippen molar-refractivity contribution in [3.63, 3.8) is 0 Å². The molecule has 0 amide bonds. The summed E-state index contributed by atoms with van der Waals surface area (Å²) in [7, 11) is 4.03. The summed E-state index contributed by atoms with van der Waals surface area (Å²) in [5.74, 6) is 3.91. The zero-order chi connectivity index (χ0) is 44.9. The van der Waals surface area contributed by atoms with Gasteiger partial charge in [-0.15, -0.1) is 0 Å². The summed E-state index contributed by atoms with van der Waals surface area (Å²) in [6.07, 6.45) is 11.4. The molecule has 4 aromatic carbocycles. The molecule has 6 rings (SSSR count). The van der Waals surface area contributed by atoms with Crippen molar-refractivity contribution in [1.82, 2.24) is 0 Å². The van der Waals surface area contributed by atoms with Gasteiger partial charge in [-0.05, 0) is 185 Å². The molecule has 9 heteroatoms. The fraction of sp³-hybridized carbons (Fsp3) is 0.396. The number of ether oxygens (including phenoxy) is 4. The molecule has 3 unspecified atom stereocenters. The quantitative estimate of drug-likeness (QED) is 0.101. The van der Waals surface area contributed by atoms with Gasteiger partial charge >= 0.3 is 17.1 Å². The molecule has 0 saturated carbocycles. The second-order valence-electron chi connectivity index (χ2n) is 17.5. The molecule has 0 fully saturated rings. The minimum Gasteiger partial charge on any atom is -0.496 e. The summed E-state index contributed by atoms with van der Waals surface area (Å²) in [5, 5.41) is 18.5. The standard InChI is InChI=1S/C28H39O2PSi.C25H31O3P.Fe/c1-11-22-12-13-25(28(22)32(8,9)10)31(23-14-18(2)26(29-6)19(3)15-23)24-16-20(4)27(30-7)21(5)17-24;1-7-19-11-12-23(21(19)15-26)29(25-16(2)9-8-10-22(25)27-5)20-13-17(3)24(28-6)18(4)14-20;/h12-17,28H,11H2,1-10H3;8-14,21,26H,7,15H2,1-6H3;/q;;+2. The molecule has 5 nitrogen and oxygen atoms in total. The van der Waals surface area contributed by atoms with Crippen molar-refractivity contribution in [2.45, 2.75) is 100 Å². The van der Waals surface area contributed by atoms with Crippen molar-refractivity contribution in [3.05, 3.63) is 140 Å². The molecule has 3 atom stereocenters. The summed E-state index contributed by atoms with van der Waals surface area (Å²) < 4.78 is 22.8. The van der Waals surface area contributed by atoms with E-state index < -0.39 is 23.9 Å². The smallest absolute Gasteiger partial charge is 0.496 e. The number of allylic oxidation sites excluding steroid dienone is 6. The predicted octanol–water partition coefficient (Wildman–Crippen LogP) is 12.2. The second-order valence-corrected chi connectivity index (χ2v) is 27.2. The number of aryl methyl sites for hydroxylation is 7. The van der Waals surface area contributed by atoms with Crippen LogP contribution < -0.4 is 40.2 Å². The van der Waals surface area contributed by atoms with Gasteiger partial charge in [0, 0.05) is 16.8 Å². The van der Waals surface area contributed by atoms with Crippen LogP contribution >= 0.6 is 15.8 Å². The Balaban J connectivity index is 0.000000269. The Labute approximate surface area is 388 Å². The first-order valence-electron chi connectivity index (χ1n) is 21.6. The molecule has 0 bridgehead atoms. The number of methoxy groups -OCH3 is 4. The maximum atomic E-state index is 10.2. The molecular weight excluding hydrogens is 862 g/mol. The van der Waals surface area contributed by atoms with E-state index in [4.69, 9.17) is 18.9 Å². The number of hydrogen-bond acceptors (Lipinski definition) is 5. The number of rotatable bonds is 14. The molecule has 62 heavy (non-hydrogen) atoms. The third-order valence-electron chi connectivity index (χ3n) is 12.2. The Kier molecular flexibility index (Phi) is 18.2. The predicted molar refractivity (Wildman–Crippen MR) is 268 cm³/mol. The molecule has 4 aromatic rings. The van der Waals surface area contributed by atoms with Crippen LogP contribution in [0.1, 0.15) is 65.6 Å². The van der Waals surface area contributed by atoms with Gasteiger partial charge < -0.3 is 24.1 Å². The Morgan fingerprint density at radius 2 is 0.935 bits per heavy atom. The van der Waals surface area contributed by atoms with Crippen LogP contribution in [0.5, 0.6) is 23.0 Å². The van der Waals surface area contributed by atoms with Crippen LogP contribution in [-0.2, 0) is 17.1 Å². The van der Waals surface area contributed by atoms with Crippen LogP contribution in [-0.4, -0.2) is 48.2 Å². The first-order valence-corrected chi connectivity index (χ1v) is 27.9. The number of aliphatic hydroxyl groups excluding tert-OH is 1. The van der Waals surface area contributed by atoms with E-state index in [1.165, 1.54) is 59.9 Å². The van der Waals surface area contributed by atoms with E-state index in [-0.39, 0.29) is 29.6 Å². The van der Waals surface area contributed by atoms with Gasteiger partial charge in [-0.25, -0.2) is 0 Å². The average Bonchev–Trinajstić information content (AvgIpc) is 3.83. The first kappa shape index (κ1) is 51.2. The van der Waals surface area contributed by atoms with Crippen LogP contribution in [0.25, 0.3) is 0 Å². The maximum absolute atomic E-state index is 10.2. The molecule has 1 N–H and O–H groups in total. The largest absolute Gasteiger partial charge is 2.00 e. The van der Waals surface area contributed by atoms with Crippen molar-refractivity contribution in [2.75, 3.05) is 35.0 Å². The number of hydrogen-bond donors (Lipinski definition) is 1. The molecule has 0 spiro atoms. The fourth-order valence-electron chi connectivity index (χ4n) is 9.59. The molecule has 2 aliphatic carbocycles. The van der Waals surface area contributed by atoms with Crippen molar-refractivity contribution >= 4 is 45.1 Å². The van der Waals surface area contributed by atoms with Gasteiger partial charge in [0.15, 0.2) is 0 Å². The first-order chi connectivity index (χ1) is 29.0. The van der Waals surface area contributed by atoms with Crippen LogP contribution in [0.15, 0.2) is 101 Å². The fourth-order valence-corrected chi connectivity index (χ4v) is 19.4. The van der Waals surface area contributed by atoms with Gasteiger partial charge in [0.2, 0.25) is 0 Å². The summed E-state index contributed by atoms with van der Waals surface area (Å²) in [5.41, 5.74) is 11.8. The number of benzene rings is 4. The molecule has 0 aromatic heterocycles. The molecule has 0 radical (unpaired) electrons. The average molecular weight is 933 g/mol.